The van der Waals surface area contributed by atoms with Crippen LogP contribution < -0.4 is 10.1 Å². The zero-order valence-corrected chi connectivity index (χ0v) is 14.6. The molecule has 0 aromatic carbocycles. The van der Waals surface area contributed by atoms with Gasteiger partial charge < -0.3 is 15.2 Å². The first-order valence-electron chi connectivity index (χ1n) is 8.48. The van der Waals surface area contributed by atoms with Gasteiger partial charge in [-0.1, -0.05) is 13.3 Å². The van der Waals surface area contributed by atoms with Gasteiger partial charge in [0.05, 0.1) is 17.5 Å². The monoisotopic (exact) mass is 330 g/mol. The van der Waals surface area contributed by atoms with E-state index in [1.165, 1.54) is 0 Å². The quantitative estimate of drug-likeness (QED) is 0.852. The zero-order valence-electron chi connectivity index (χ0n) is 14.6. The third-order valence-electron chi connectivity index (χ3n) is 5.11. The summed E-state index contributed by atoms with van der Waals surface area (Å²) < 4.78 is 7.77. The molecule has 1 aliphatic carbocycles. The summed E-state index contributed by atoms with van der Waals surface area (Å²) in [6.45, 7) is 5.04. The van der Waals surface area contributed by atoms with E-state index in [0.717, 1.165) is 36.4 Å². The van der Waals surface area contributed by atoms with Crippen LogP contribution in [0.2, 0.25) is 0 Å². The van der Waals surface area contributed by atoms with Crippen molar-refractivity contribution in [2.24, 2.45) is 12.5 Å². The molecule has 0 amide bonds. The Bertz CT molecular complexity index is 686. The van der Waals surface area contributed by atoms with Crippen LogP contribution in [0, 0.1) is 12.3 Å². The van der Waals surface area contributed by atoms with Crippen molar-refractivity contribution in [3.8, 4) is 11.6 Å². The number of nitrogens with one attached hydrogen (secondary N) is 1. The van der Waals surface area contributed by atoms with E-state index in [-0.39, 0.29) is 12.0 Å². The Morgan fingerprint density at radius 1 is 1.50 bits per heavy atom. The van der Waals surface area contributed by atoms with Crippen LogP contribution in [0.4, 0.5) is 0 Å². The number of aryl methyl sites for hydroxylation is 2. The molecule has 3 rings (SSSR count). The van der Waals surface area contributed by atoms with Crippen LogP contribution in [-0.4, -0.2) is 32.5 Å². The molecule has 0 aliphatic heterocycles. The fraction of sp³-hybridized carbons (Fsp3) is 0.556. The maximum Gasteiger partial charge on any atom is 0.222 e. The number of hydrogen-bond donors (Lipinski definition) is 2. The van der Waals surface area contributed by atoms with Gasteiger partial charge >= 0.3 is 0 Å². The van der Waals surface area contributed by atoms with Crippen LogP contribution in [0.5, 0.6) is 11.6 Å². The molecule has 2 atom stereocenters. The lowest BCUT2D eigenvalue weighted by Crippen LogP contribution is -2.41. The lowest BCUT2D eigenvalue weighted by molar-refractivity contribution is 0.118. The molecule has 0 unspecified atom stereocenters. The van der Waals surface area contributed by atoms with Gasteiger partial charge in [0, 0.05) is 37.9 Å². The number of ether oxygens (including phenoxy) is 1. The normalized spacial score (nSPS) is 23.6. The van der Waals surface area contributed by atoms with Crippen molar-refractivity contribution < 1.29 is 9.84 Å². The lowest BCUT2D eigenvalue weighted by atomic mass is 9.86. The molecule has 0 bridgehead atoms. The van der Waals surface area contributed by atoms with E-state index in [2.05, 4.69) is 22.3 Å². The molecule has 2 aromatic heterocycles. The fourth-order valence-electron chi connectivity index (χ4n) is 3.53. The zero-order chi connectivity index (χ0) is 17.2. The van der Waals surface area contributed by atoms with Crippen molar-refractivity contribution in [3.05, 3.63) is 35.8 Å². The molecule has 2 heterocycles. The minimum Gasteiger partial charge on any atom is -0.437 e. The average Bonchev–Trinajstić information content (AvgIpc) is 3.08. The summed E-state index contributed by atoms with van der Waals surface area (Å²) in [4.78, 5) is 4.09. The van der Waals surface area contributed by atoms with Gasteiger partial charge in [-0.3, -0.25) is 4.98 Å². The second kappa shape index (κ2) is 6.91. The van der Waals surface area contributed by atoms with Gasteiger partial charge in [-0.15, -0.1) is 0 Å². The number of pyridine rings is 1. The van der Waals surface area contributed by atoms with Gasteiger partial charge in [-0.25, -0.2) is 4.68 Å². The molecule has 6 heteroatoms. The van der Waals surface area contributed by atoms with Gasteiger partial charge in [0.1, 0.15) is 5.75 Å². The van der Waals surface area contributed by atoms with Gasteiger partial charge in [0.15, 0.2) is 0 Å². The Kier molecular flexibility index (Phi) is 4.87. The van der Waals surface area contributed by atoms with Crippen LogP contribution in [0.1, 0.15) is 37.4 Å². The molecular weight excluding hydrogens is 304 g/mol. The number of aliphatic hydroxyl groups is 1. The maximum absolute atomic E-state index is 9.71. The molecular formula is C18H26N4O2. The van der Waals surface area contributed by atoms with Crippen LogP contribution >= 0.6 is 0 Å². The molecule has 6 nitrogen and oxygen atoms in total. The van der Waals surface area contributed by atoms with Crippen molar-refractivity contribution >= 4 is 0 Å². The van der Waals surface area contributed by atoms with Crippen molar-refractivity contribution in [3.63, 3.8) is 0 Å². The Hall–Kier alpha value is -1.92. The molecule has 2 N–H and O–H groups in total. The number of hydrogen-bond acceptors (Lipinski definition) is 5. The summed E-state index contributed by atoms with van der Waals surface area (Å²) in [6.07, 6.45) is 6.72. The van der Waals surface area contributed by atoms with E-state index in [0.29, 0.717) is 18.3 Å². The SMILES string of the molecule is Cc1nn(C)c(Oc2cccnc2)c1CN[C@H]1CCC[C@@]1(C)CO. The van der Waals surface area contributed by atoms with Gasteiger partial charge in [0.2, 0.25) is 5.88 Å². The predicted octanol–water partition coefficient (Wildman–Crippen LogP) is 2.56. The largest absolute Gasteiger partial charge is 0.437 e. The second-order valence-electron chi connectivity index (χ2n) is 6.92. The van der Waals surface area contributed by atoms with Crippen molar-refractivity contribution in [1.82, 2.24) is 20.1 Å². The molecule has 2 aromatic rings. The predicted molar refractivity (Wildman–Crippen MR) is 91.9 cm³/mol. The first-order chi connectivity index (χ1) is 11.5. The van der Waals surface area contributed by atoms with E-state index < -0.39 is 0 Å². The second-order valence-corrected chi connectivity index (χ2v) is 6.92. The molecule has 1 aliphatic rings. The van der Waals surface area contributed by atoms with Gasteiger partial charge in [-0.05, 0) is 31.9 Å². The summed E-state index contributed by atoms with van der Waals surface area (Å²) in [5, 5.41) is 17.8. The highest BCUT2D eigenvalue weighted by Gasteiger charge is 2.38. The molecule has 0 saturated heterocycles. The Morgan fingerprint density at radius 3 is 3.04 bits per heavy atom. The summed E-state index contributed by atoms with van der Waals surface area (Å²) in [6, 6.07) is 4.04. The van der Waals surface area contributed by atoms with Gasteiger partial charge in [-0.2, -0.15) is 5.10 Å². The van der Waals surface area contributed by atoms with Gasteiger partial charge in [0.25, 0.3) is 0 Å². The summed E-state index contributed by atoms with van der Waals surface area (Å²) in [5.41, 5.74) is 1.96. The Labute approximate surface area is 142 Å². The van der Waals surface area contributed by atoms with E-state index in [1.54, 1.807) is 17.1 Å². The van der Waals surface area contributed by atoms with E-state index in [1.807, 2.05) is 26.1 Å². The third kappa shape index (κ3) is 3.30. The lowest BCUT2D eigenvalue weighted by Gasteiger charge is -2.30. The highest BCUT2D eigenvalue weighted by atomic mass is 16.5. The smallest absolute Gasteiger partial charge is 0.222 e. The topological polar surface area (TPSA) is 72.2 Å². The van der Waals surface area contributed by atoms with Crippen molar-refractivity contribution in [1.29, 1.82) is 0 Å². The third-order valence-corrected chi connectivity index (χ3v) is 5.11. The highest BCUT2D eigenvalue weighted by molar-refractivity contribution is 5.34. The van der Waals surface area contributed by atoms with Crippen LogP contribution in [0.15, 0.2) is 24.5 Å². The number of aliphatic hydroxyl groups excluding tert-OH is 1. The Morgan fingerprint density at radius 2 is 2.33 bits per heavy atom. The van der Waals surface area contributed by atoms with E-state index in [9.17, 15) is 5.11 Å². The number of nitrogens with zero attached hydrogens (tertiary/aromatic N) is 3. The molecule has 130 valence electrons. The Balaban J connectivity index is 1.76. The maximum atomic E-state index is 9.71. The van der Waals surface area contributed by atoms with E-state index >= 15 is 0 Å². The highest BCUT2D eigenvalue weighted by Crippen LogP contribution is 2.38. The van der Waals surface area contributed by atoms with E-state index in [4.69, 9.17) is 4.74 Å². The first kappa shape index (κ1) is 16.9. The minimum absolute atomic E-state index is 0.0412. The summed E-state index contributed by atoms with van der Waals surface area (Å²) in [7, 11) is 1.88. The van der Waals surface area contributed by atoms with Crippen molar-refractivity contribution in [2.45, 2.75) is 45.7 Å². The summed E-state index contributed by atoms with van der Waals surface area (Å²) >= 11 is 0. The molecule has 1 saturated carbocycles. The molecule has 1 fully saturated rings. The standard InChI is InChI=1S/C18H26N4O2/c1-13-15(11-20-16-7-4-8-18(16,2)12-23)17(22(3)21-13)24-14-6-5-9-19-10-14/h5-6,9-10,16,20,23H,4,7-8,11-12H2,1-3H3/t16-,18-/m0/s1. The minimum atomic E-state index is -0.0412. The molecule has 24 heavy (non-hydrogen) atoms. The first-order valence-corrected chi connectivity index (χ1v) is 8.48. The van der Waals surface area contributed by atoms with Crippen LogP contribution in [0.25, 0.3) is 0 Å². The number of rotatable bonds is 6. The fourth-order valence-corrected chi connectivity index (χ4v) is 3.53. The van der Waals surface area contributed by atoms with Crippen LogP contribution in [-0.2, 0) is 13.6 Å². The van der Waals surface area contributed by atoms with Crippen LogP contribution in [0.3, 0.4) is 0 Å². The summed E-state index contributed by atoms with van der Waals surface area (Å²) in [5.74, 6) is 1.43. The molecule has 0 spiro atoms. The van der Waals surface area contributed by atoms with Crippen molar-refractivity contribution in [2.75, 3.05) is 6.61 Å². The average molecular weight is 330 g/mol. The number of aromatic nitrogens is 3. The molecule has 0 radical (unpaired) electrons.